The van der Waals surface area contributed by atoms with Crippen LogP contribution in [0.15, 0.2) is 0 Å². The number of fused-ring (bicyclic) bond motifs is 1. The van der Waals surface area contributed by atoms with Gasteiger partial charge in [0.1, 0.15) is 11.4 Å². The molecule has 0 amide bonds. The predicted molar refractivity (Wildman–Crippen MR) is 62.7 cm³/mol. The van der Waals surface area contributed by atoms with E-state index in [4.69, 9.17) is 4.74 Å². The van der Waals surface area contributed by atoms with Gasteiger partial charge in [0.05, 0.1) is 11.6 Å². The van der Waals surface area contributed by atoms with Crippen LogP contribution >= 0.6 is 0 Å². The molecule has 2 unspecified atom stereocenters. The molecule has 1 aromatic heterocycles. The van der Waals surface area contributed by atoms with E-state index in [2.05, 4.69) is 9.97 Å². The maximum Gasteiger partial charge on any atom is 0.392 e. The predicted octanol–water partition coefficient (Wildman–Crippen LogP) is 3.10. The molecule has 6 heteroatoms. The summed E-state index contributed by atoms with van der Waals surface area (Å²) in [5, 5.41) is 0. The number of ether oxygens (including phenoxy) is 1. The average molecular weight is 274 g/mol. The first-order chi connectivity index (χ1) is 8.88. The summed E-state index contributed by atoms with van der Waals surface area (Å²) in [6.07, 6.45) is -1.74. The molecule has 2 atom stereocenters. The molecular weight excluding hydrogens is 257 g/mol. The Hall–Kier alpha value is -1.04. The molecule has 1 aliphatic heterocycles. The van der Waals surface area contributed by atoms with E-state index in [9.17, 15) is 13.2 Å². The molecule has 1 saturated heterocycles. The Morgan fingerprint density at radius 1 is 1.42 bits per heavy atom. The topological polar surface area (TPSA) is 37.9 Å². The number of halogens is 3. The Labute approximate surface area is 109 Å². The fraction of sp³-hybridized carbons (Fsp3) is 0.769. The summed E-state index contributed by atoms with van der Waals surface area (Å²) in [6, 6.07) is 0. The molecule has 1 N–H and O–H groups in total. The number of hydrogen-bond acceptors (Lipinski definition) is 2. The highest BCUT2D eigenvalue weighted by Gasteiger charge is 2.43. The Balaban J connectivity index is 1.85. The van der Waals surface area contributed by atoms with Gasteiger partial charge in [-0.05, 0) is 32.6 Å². The van der Waals surface area contributed by atoms with Gasteiger partial charge in [0.2, 0.25) is 0 Å². The van der Waals surface area contributed by atoms with Gasteiger partial charge in [0, 0.05) is 18.7 Å². The summed E-state index contributed by atoms with van der Waals surface area (Å²) in [5.41, 5.74) is 0.970. The third-order valence-electron chi connectivity index (χ3n) is 4.23. The third-order valence-corrected chi connectivity index (χ3v) is 4.23. The van der Waals surface area contributed by atoms with Gasteiger partial charge >= 0.3 is 6.18 Å². The van der Waals surface area contributed by atoms with Crippen molar-refractivity contribution in [1.29, 1.82) is 0 Å². The van der Waals surface area contributed by atoms with Crippen LogP contribution in [0.25, 0.3) is 0 Å². The number of aromatic nitrogens is 2. The van der Waals surface area contributed by atoms with E-state index in [0.717, 1.165) is 18.5 Å². The second-order valence-electron chi connectivity index (χ2n) is 5.67. The van der Waals surface area contributed by atoms with Crippen molar-refractivity contribution in [1.82, 2.24) is 9.97 Å². The number of nitrogens with one attached hydrogen (secondary N) is 1. The molecule has 0 bridgehead atoms. The van der Waals surface area contributed by atoms with Gasteiger partial charge in [-0.3, -0.25) is 0 Å². The SMILES string of the molecule is CC1(c2nc3c([nH]2)CC(C(F)(F)F)CC3)CCCO1. The quantitative estimate of drug-likeness (QED) is 0.854. The van der Waals surface area contributed by atoms with E-state index in [1.807, 2.05) is 6.92 Å². The van der Waals surface area contributed by atoms with Crippen LogP contribution in [-0.2, 0) is 23.2 Å². The van der Waals surface area contributed by atoms with E-state index >= 15 is 0 Å². The molecule has 106 valence electrons. The molecule has 0 aromatic carbocycles. The molecule has 19 heavy (non-hydrogen) atoms. The fourth-order valence-electron chi connectivity index (χ4n) is 2.98. The summed E-state index contributed by atoms with van der Waals surface area (Å²) in [6.45, 7) is 2.64. The van der Waals surface area contributed by atoms with Crippen LogP contribution in [0.5, 0.6) is 0 Å². The highest BCUT2D eigenvalue weighted by molar-refractivity contribution is 5.22. The van der Waals surface area contributed by atoms with Crippen LogP contribution in [0.2, 0.25) is 0 Å². The van der Waals surface area contributed by atoms with Gasteiger partial charge < -0.3 is 9.72 Å². The molecule has 3 nitrogen and oxygen atoms in total. The third kappa shape index (κ3) is 2.26. The van der Waals surface area contributed by atoms with E-state index in [0.29, 0.717) is 24.5 Å². The van der Waals surface area contributed by atoms with Gasteiger partial charge in [-0.1, -0.05) is 0 Å². The second kappa shape index (κ2) is 4.23. The molecule has 0 spiro atoms. The number of hydrogen-bond donors (Lipinski definition) is 1. The highest BCUT2D eigenvalue weighted by Crippen LogP contribution is 2.39. The zero-order valence-corrected chi connectivity index (χ0v) is 10.8. The lowest BCUT2D eigenvalue weighted by molar-refractivity contribution is -0.177. The number of rotatable bonds is 1. The molecule has 0 radical (unpaired) electrons. The maximum atomic E-state index is 12.8. The zero-order valence-electron chi connectivity index (χ0n) is 10.8. The van der Waals surface area contributed by atoms with Gasteiger partial charge in [0.15, 0.2) is 0 Å². The van der Waals surface area contributed by atoms with Crippen molar-refractivity contribution < 1.29 is 17.9 Å². The smallest absolute Gasteiger partial charge is 0.367 e. The first kappa shape index (κ1) is 13.0. The summed E-state index contributed by atoms with van der Waals surface area (Å²) in [7, 11) is 0. The number of aryl methyl sites for hydroxylation is 1. The second-order valence-corrected chi connectivity index (χ2v) is 5.67. The Morgan fingerprint density at radius 3 is 2.84 bits per heavy atom. The summed E-state index contributed by atoms with van der Waals surface area (Å²) < 4.78 is 44.0. The standard InChI is InChI=1S/C13H17F3N2O/c1-12(5-2-6-19-12)11-17-9-4-3-8(13(14,15)16)7-10(9)18-11/h8H,2-7H2,1H3,(H,17,18). The number of H-pyrrole nitrogens is 1. The monoisotopic (exact) mass is 274 g/mol. The van der Waals surface area contributed by atoms with Crippen LogP contribution < -0.4 is 0 Å². The molecular formula is C13H17F3N2O. The van der Waals surface area contributed by atoms with Crippen LogP contribution in [-0.4, -0.2) is 22.8 Å². The number of nitrogens with zero attached hydrogens (tertiary/aromatic N) is 1. The lowest BCUT2D eigenvalue weighted by Crippen LogP contribution is -2.28. The highest BCUT2D eigenvalue weighted by atomic mass is 19.4. The van der Waals surface area contributed by atoms with Crippen molar-refractivity contribution in [3.63, 3.8) is 0 Å². The number of alkyl halides is 3. The summed E-state index contributed by atoms with van der Waals surface area (Å²) in [4.78, 5) is 7.56. The van der Waals surface area contributed by atoms with Crippen molar-refractivity contribution in [3.05, 3.63) is 17.2 Å². The molecule has 1 fully saturated rings. The van der Waals surface area contributed by atoms with Gasteiger partial charge in [-0.2, -0.15) is 13.2 Å². The molecule has 1 aromatic rings. The fourth-order valence-corrected chi connectivity index (χ4v) is 2.98. The van der Waals surface area contributed by atoms with E-state index in [-0.39, 0.29) is 12.8 Å². The average Bonchev–Trinajstić information content (AvgIpc) is 2.93. The van der Waals surface area contributed by atoms with Crippen LogP contribution in [0.1, 0.15) is 43.4 Å². The summed E-state index contributed by atoms with van der Waals surface area (Å²) >= 11 is 0. The number of imidazole rings is 1. The lowest BCUT2D eigenvalue weighted by Gasteiger charge is -2.23. The zero-order chi connectivity index (χ0) is 13.7. The van der Waals surface area contributed by atoms with Gasteiger partial charge in [-0.25, -0.2) is 4.98 Å². The van der Waals surface area contributed by atoms with Crippen LogP contribution in [0.3, 0.4) is 0 Å². The van der Waals surface area contributed by atoms with E-state index in [1.54, 1.807) is 0 Å². The first-order valence-electron chi connectivity index (χ1n) is 6.67. The molecule has 2 aliphatic rings. The minimum Gasteiger partial charge on any atom is -0.367 e. The van der Waals surface area contributed by atoms with Crippen LogP contribution in [0, 0.1) is 5.92 Å². The van der Waals surface area contributed by atoms with Gasteiger partial charge in [-0.15, -0.1) is 0 Å². The molecule has 3 rings (SSSR count). The van der Waals surface area contributed by atoms with E-state index < -0.39 is 17.7 Å². The molecule has 0 saturated carbocycles. The normalized spacial score (nSPS) is 31.5. The van der Waals surface area contributed by atoms with E-state index in [1.165, 1.54) is 0 Å². The minimum absolute atomic E-state index is 0.0158. The summed E-state index contributed by atoms with van der Waals surface area (Å²) in [5.74, 6) is -0.552. The lowest BCUT2D eigenvalue weighted by atomic mass is 9.89. The minimum atomic E-state index is -4.11. The Kier molecular flexibility index (Phi) is 2.89. The van der Waals surface area contributed by atoms with Crippen LogP contribution in [0.4, 0.5) is 13.2 Å². The van der Waals surface area contributed by atoms with Crippen molar-refractivity contribution in [2.24, 2.45) is 5.92 Å². The van der Waals surface area contributed by atoms with Crippen molar-refractivity contribution in [2.75, 3.05) is 6.61 Å². The Bertz CT molecular complexity index is 475. The van der Waals surface area contributed by atoms with Gasteiger partial charge in [0.25, 0.3) is 0 Å². The molecule has 2 heterocycles. The first-order valence-corrected chi connectivity index (χ1v) is 6.67. The van der Waals surface area contributed by atoms with Crippen molar-refractivity contribution in [3.8, 4) is 0 Å². The maximum absolute atomic E-state index is 12.8. The van der Waals surface area contributed by atoms with Crippen molar-refractivity contribution in [2.45, 2.75) is 50.8 Å². The Morgan fingerprint density at radius 2 is 2.21 bits per heavy atom. The largest absolute Gasteiger partial charge is 0.392 e. The number of aromatic amines is 1. The van der Waals surface area contributed by atoms with Crippen molar-refractivity contribution >= 4 is 0 Å². The molecule has 1 aliphatic carbocycles.